The first-order valence-corrected chi connectivity index (χ1v) is 19.0. The van der Waals surface area contributed by atoms with Crippen LogP contribution in [0.25, 0.3) is 6.08 Å². The first-order chi connectivity index (χ1) is 22.5. The van der Waals surface area contributed by atoms with E-state index in [-0.39, 0.29) is 12.5 Å². The van der Waals surface area contributed by atoms with E-state index in [1.807, 2.05) is 62.4 Å². The summed E-state index contributed by atoms with van der Waals surface area (Å²) in [6, 6.07) is 13.1. The van der Waals surface area contributed by atoms with E-state index >= 15 is 0 Å². The quantitative estimate of drug-likeness (QED) is 0.154. The smallest absolute Gasteiger partial charge is 0.320 e. The molecule has 0 heterocycles. The van der Waals surface area contributed by atoms with Crippen molar-refractivity contribution in [1.29, 1.82) is 0 Å². The molecule has 1 aliphatic rings. The van der Waals surface area contributed by atoms with Gasteiger partial charge in [0.1, 0.15) is 34.9 Å². The summed E-state index contributed by atoms with van der Waals surface area (Å²) in [6.45, 7) is 8.56. The fourth-order valence-electron chi connectivity index (χ4n) is 6.23. The van der Waals surface area contributed by atoms with Gasteiger partial charge in [-0.1, -0.05) is 31.2 Å². The number of methoxy groups -OCH3 is 3. The van der Waals surface area contributed by atoms with E-state index in [4.69, 9.17) is 28.4 Å². The third kappa shape index (κ3) is 9.58. The summed E-state index contributed by atoms with van der Waals surface area (Å²) < 4.78 is 34.5. The van der Waals surface area contributed by atoms with Crippen LogP contribution in [0.15, 0.2) is 59.7 Å². The molecule has 0 aromatic heterocycles. The van der Waals surface area contributed by atoms with Crippen molar-refractivity contribution in [3.05, 3.63) is 70.8 Å². The average Bonchev–Trinajstić information content (AvgIpc) is 3.03. The van der Waals surface area contributed by atoms with E-state index in [1.165, 1.54) is 13.8 Å². The second-order valence-corrected chi connectivity index (χ2v) is 17.9. The summed E-state index contributed by atoms with van der Waals surface area (Å²) in [5.74, 6) is 0.392. The van der Waals surface area contributed by atoms with Crippen LogP contribution in [0.1, 0.15) is 58.1 Å². The van der Waals surface area contributed by atoms with Gasteiger partial charge in [-0.2, -0.15) is 0 Å². The molecule has 0 radical (unpaired) electrons. The molecule has 0 saturated heterocycles. The molecule has 0 fully saturated rings. The molecular formula is C38H52O9S. The van der Waals surface area contributed by atoms with E-state index in [0.29, 0.717) is 34.8 Å². The van der Waals surface area contributed by atoms with Gasteiger partial charge in [-0.25, -0.2) is 10.0 Å². The number of allylic oxidation sites excluding steroid dienone is 1. The summed E-state index contributed by atoms with van der Waals surface area (Å²) in [4.78, 5) is 39.9. The zero-order chi connectivity index (χ0) is 35.8. The summed E-state index contributed by atoms with van der Waals surface area (Å²) in [7, 11) is 3.83. The second-order valence-electron chi connectivity index (χ2n) is 13.3. The standard InChI is InChI=1S/C38H52O9S/c1-24(29-21-31(43-7)23-32(22-29)44-8)20-33-35(46-26(3)39)25(2)34(17-14-28-12-15-30(42-6)16-13-28)38(5,36(33)47-27(4)40)37(41)45-18-19-48(9,10)11/h12-17,21-24,33,35-36H,18-20H2,1-11H3/b17-14-. The monoisotopic (exact) mass is 684 g/mol. The Morgan fingerprint density at radius 3 is 1.92 bits per heavy atom. The molecule has 1 aliphatic carbocycles. The number of benzene rings is 2. The van der Waals surface area contributed by atoms with Crippen LogP contribution in [0.5, 0.6) is 17.2 Å². The maximum absolute atomic E-state index is 14.4. The van der Waals surface area contributed by atoms with E-state index < -0.39 is 51.5 Å². The Hall–Kier alpha value is -3.92. The van der Waals surface area contributed by atoms with Crippen LogP contribution < -0.4 is 14.2 Å². The summed E-state index contributed by atoms with van der Waals surface area (Å²) >= 11 is 0. The Kier molecular flexibility index (Phi) is 13.2. The van der Waals surface area contributed by atoms with Crippen LogP contribution in [0.3, 0.4) is 0 Å². The molecule has 0 amide bonds. The van der Waals surface area contributed by atoms with Crippen LogP contribution in [0, 0.1) is 11.3 Å². The van der Waals surface area contributed by atoms with Gasteiger partial charge in [-0.05, 0) is 91.5 Å². The number of hydrogen-bond acceptors (Lipinski definition) is 9. The molecular weight excluding hydrogens is 632 g/mol. The van der Waals surface area contributed by atoms with Crippen molar-refractivity contribution in [3.8, 4) is 17.2 Å². The van der Waals surface area contributed by atoms with Gasteiger partial charge in [0, 0.05) is 31.6 Å². The molecule has 264 valence electrons. The van der Waals surface area contributed by atoms with Gasteiger partial charge in [-0.3, -0.25) is 14.4 Å². The minimum atomic E-state index is -1.43. The molecule has 0 spiro atoms. The van der Waals surface area contributed by atoms with Gasteiger partial charge < -0.3 is 28.4 Å². The van der Waals surface area contributed by atoms with Gasteiger partial charge in [0.2, 0.25) is 0 Å². The molecule has 0 aliphatic heterocycles. The van der Waals surface area contributed by atoms with Crippen LogP contribution in [0.4, 0.5) is 0 Å². The normalized spacial score (nSPS) is 22.1. The highest BCUT2D eigenvalue weighted by Crippen LogP contribution is 2.51. The Morgan fingerprint density at radius 2 is 1.42 bits per heavy atom. The van der Waals surface area contributed by atoms with Crippen molar-refractivity contribution in [2.45, 2.75) is 59.2 Å². The largest absolute Gasteiger partial charge is 0.497 e. The second kappa shape index (κ2) is 16.5. The lowest BCUT2D eigenvalue weighted by atomic mass is 9.61. The molecule has 5 unspecified atom stereocenters. The molecule has 10 heteroatoms. The minimum Gasteiger partial charge on any atom is -0.497 e. The highest BCUT2D eigenvalue weighted by Gasteiger charge is 2.58. The number of carbonyl (C=O) groups is 3. The predicted molar refractivity (Wildman–Crippen MR) is 191 cm³/mol. The van der Waals surface area contributed by atoms with Gasteiger partial charge in [0.15, 0.2) is 0 Å². The molecule has 0 bridgehead atoms. The molecule has 9 nitrogen and oxygen atoms in total. The fourth-order valence-corrected chi connectivity index (χ4v) is 6.81. The Bertz CT molecular complexity index is 1480. The van der Waals surface area contributed by atoms with Crippen LogP contribution in [-0.2, 0) is 28.6 Å². The lowest BCUT2D eigenvalue weighted by Gasteiger charge is -2.48. The molecule has 2 aromatic carbocycles. The van der Waals surface area contributed by atoms with Gasteiger partial charge in [0.25, 0.3) is 0 Å². The Morgan fingerprint density at radius 1 is 0.854 bits per heavy atom. The number of esters is 3. The third-order valence-electron chi connectivity index (χ3n) is 8.82. The third-order valence-corrected chi connectivity index (χ3v) is 10.2. The van der Waals surface area contributed by atoms with E-state index in [9.17, 15) is 14.4 Å². The number of ether oxygens (including phenoxy) is 6. The average molecular weight is 685 g/mol. The van der Waals surface area contributed by atoms with Crippen molar-refractivity contribution < 1.29 is 42.8 Å². The summed E-state index contributed by atoms with van der Waals surface area (Å²) in [6.07, 6.45) is 8.77. The number of hydrogen-bond donors (Lipinski definition) is 0. The Balaban J connectivity index is 2.24. The maximum atomic E-state index is 14.4. The molecule has 3 rings (SSSR count). The van der Waals surface area contributed by atoms with Crippen LogP contribution in [-0.4, -0.2) is 82.6 Å². The van der Waals surface area contributed by atoms with Crippen LogP contribution >= 0.6 is 10.0 Å². The first-order valence-electron chi connectivity index (χ1n) is 16.0. The van der Waals surface area contributed by atoms with Gasteiger partial charge in [-0.15, -0.1) is 0 Å². The topological polar surface area (TPSA) is 107 Å². The van der Waals surface area contributed by atoms with Crippen molar-refractivity contribution in [2.24, 2.45) is 11.3 Å². The highest BCUT2D eigenvalue weighted by atomic mass is 32.3. The fraction of sp³-hybridized carbons (Fsp3) is 0.500. The SMILES string of the molecule is COc1ccc(/C=C\C2=C(C)C(OC(C)=O)C(CC(C)c3cc(OC)cc(OC)c3)C(OC(C)=O)C2(C)C(=O)OCCS(C)(C)C)cc1. The van der Waals surface area contributed by atoms with Crippen molar-refractivity contribution in [1.82, 2.24) is 0 Å². The van der Waals surface area contributed by atoms with E-state index in [0.717, 1.165) is 16.9 Å². The van der Waals surface area contributed by atoms with Crippen molar-refractivity contribution >= 4 is 34.0 Å². The molecule has 0 N–H and O–H groups in total. The molecule has 5 atom stereocenters. The highest BCUT2D eigenvalue weighted by molar-refractivity contribution is 8.32. The van der Waals surface area contributed by atoms with Crippen molar-refractivity contribution in [2.75, 3.05) is 52.5 Å². The zero-order valence-corrected chi connectivity index (χ0v) is 31.0. The lowest BCUT2D eigenvalue weighted by Crippen LogP contribution is -2.56. The zero-order valence-electron chi connectivity index (χ0n) is 30.2. The molecule has 48 heavy (non-hydrogen) atoms. The van der Waals surface area contributed by atoms with Gasteiger partial charge in [0.05, 0.1) is 27.9 Å². The molecule has 2 aromatic rings. The summed E-state index contributed by atoms with van der Waals surface area (Å²) in [5.41, 5.74) is 1.59. The number of rotatable bonds is 14. The summed E-state index contributed by atoms with van der Waals surface area (Å²) in [5, 5.41) is 0. The molecule has 0 saturated carbocycles. The number of carbonyl (C=O) groups excluding carboxylic acids is 3. The van der Waals surface area contributed by atoms with Crippen LogP contribution in [0.2, 0.25) is 0 Å². The predicted octanol–water partition coefficient (Wildman–Crippen LogP) is 6.97. The first kappa shape index (κ1) is 38.5. The van der Waals surface area contributed by atoms with Gasteiger partial charge >= 0.3 is 17.9 Å². The van der Waals surface area contributed by atoms with E-state index in [1.54, 1.807) is 34.3 Å². The lowest BCUT2D eigenvalue weighted by molar-refractivity contribution is -0.179. The Labute approximate surface area is 287 Å². The minimum absolute atomic E-state index is 0.149. The van der Waals surface area contributed by atoms with Crippen molar-refractivity contribution in [3.63, 3.8) is 0 Å². The maximum Gasteiger partial charge on any atom is 0.320 e. The van der Waals surface area contributed by atoms with E-state index in [2.05, 4.69) is 18.8 Å².